The van der Waals surface area contributed by atoms with Crippen molar-refractivity contribution in [2.24, 2.45) is 0 Å². The van der Waals surface area contributed by atoms with Crippen molar-refractivity contribution in [1.82, 2.24) is 4.98 Å². The lowest BCUT2D eigenvalue weighted by molar-refractivity contribution is 0.0498. The first-order chi connectivity index (χ1) is 8.06. The van der Waals surface area contributed by atoms with Crippen molar-refractivity contribution in [2.75, 3.05) is 13.7 Å². The Labute approximate surface area is 97.9 Å². The zero-order valence-corrected chi connectivity index (χ0v) is 9.83. The molecule has 17 heavy (non-hydrogen) atoms. The van der Waals surface area contributed by atoms with E-state index in [0.717, 1.165) is 0 Å². The highest BCUT2D eigenvalue weighted by Gasteiger charge is 2.26. The van der Waals surface area contributed by atoms with Crippen LogP contribution in [-0.4, -0.2) is 36.9 Å². The Morgan fingerprint density at radius 3 is 2.47 bits per heavy atom. The fraction of sp³-hybridized carbons (Fsp3) is 0.364. The summed E-state index contributed by atoms with van der Waals surface area (Å²) < 4.78 is 9.34. The highest BCUT2D eigenvalue weighted by atomic mass is 16.5. The van der Waals surface area contributed by atoms with E-state index in [4.69, 9.17) is 4.74 Å². The summed E-state index contributed by atoms with van der Waals surface area (Å²) in [6.45, 7) is 3.37. The molecular formula is C11H13NO5. The Morgan fingerprint density at radius 2 is 2.00 bits per heavy atom. The zero-order valence-electron chi connectivity index (χ0n) is 9.83. The quantitative estimate of drug-likeness (QED) is 0.628. The number of aldehydes is 1. The van der Waals surface area contributed by atoms with Crippen LogP contribution >= 0.6 is 0 Å². The van der Waals surface area contributed by atoms with Gasteiger partial charge in [-0.25, -0.2) is 9.59 Å². The third-order valence-electron chi connectivity index (χ3n) is 2.28. The van der Waals surface area contributed by atoms with Gasteiger partial charge in [-0.05, 0) is 19.4 Å². The topological polar surface area (TPSA) is 85.5 Å². The third kappa shape index (κ3) is 2.35. The number of nitrogens with one attached hydrogen (secondary N) is 1. The number of aromatic amines is 1. The van der Waals surface area contributed by atoms with Crippen LogP contribution in [0.2, 0.25) is 0 Å². The minimum absolute atomic E-state index is 0.0352. The van der Waals surface area contributed by atoms with E-state index in [2.05, 4.69) is 9.72 Å². The van der Waals surface area contributed by atoms with E-state index in [9.17, 15) is 14.4 Å². The molecule has 0 saturated heterocycles. The number of hydrogen-bond acceptors (Lipinski definition) is 5. The number of H-pyrrole nitrogens is 1. The van der Waals surface area contributed by atoms with Crippen LogP contribution in [-0.2, 0) is 9.47 Å². The molecule has 0 aromatic carbocycles. The second-order valence-corrected chi connectivity index (χ2v) is 3.24. The maximum atomic E-state index is 11.6. The van der Waals surface area contributed by atoms with Crippen LogP contribution in [0.1, 0.15) is 43.8 Å². The summed E-state index contributed by atoms with van der Waals surface area (Å²) in [7, 11) is 1.20. The van der Waals surface area contributed by atoms with Gasteiger partial charge in [-0.2, -0.15) is 0 Å². The van der Waals surface area contributed by atoms with E-state index in [1.165, 1.54) is 7.11 Å². The molecule has 6 nitrogen and oxygen atoms in total. The Bertz CT molecular complexity index is 461. The molecule has 0 unspecified atom stereocenters. The Morgan fingerprint density at radius 1 is 1.35 bits per heavy atom. The number of aromatic nitrogens is 1. The van der Waals surface area contributed by atoms with Gasteiger partial charge in [0.15, 0.2) is 6.29 Å². The predicted molar refractivity (Wildman–Crippen MR) is 58.2 cm³/mol. The monoisotopic (exact) mass is 239 g/mol. The lowest BCUT2D eigenvalue weighted by atomic mass is 10.1. The van der Waals surface area contributed by atoms with Crippen LogP contribution in [0.5, 0.6) is 0 Å². The van der Waals surface area contributed by atoms with E-state index in [1.807, 2.05) is 0 Å². The molecule has 1 heterocycles. The molecule has 1 rings (SSSR count). The van der Waals surface area contributed by atoms with Crippen molar-refractivity contribution in [3.05, 3.63) is 22.5 Å². The van der Waals surface area contributed by atoms with Crippen LogP contribution in [0.15, 0.2) is 0 Å². The fourth-order valence-electron chi connectivity index (χ4n) is 1.44. The van der Waals surface area contributed by atoms with Crippen molar-refractivity contribution in [2.45, 2.75) is 13.8 Å². The van der Waals surface area contributed by atoms with Crippen LogP contribution in [0.3, 0.4) is 0 Å². The molecule has 1 N–H and O–H groups in total. The van der Waals surface area contributed by atoms with Crippen molar-refractivity contribution in [3.63, 3.8) is 0 Å². The molecular weight excluding hydrogens is 226 g/mol. The predicted octanol–water partition coefficient (Wildman–Crippen LogP) is 1.10. The van der Waals surface area contributed by atoms with E-state index >= 15 is 0 Å². The third-order valence-corrected chi connectivity index (χ3v) is 2.28. The first-order valence-corrected chi connectivity index (χ1v) is 4.99. The summed E-state index contributed by atoms with van der Waals surface area (Å²) in [6.07, 6.45) is 0.532. The molecule has 0 aliphatic carbocycles. The Hall–Kier alpha value is -2.11. The molecule has 0 spiro atoms. The number of rotatable bonds is 4. The molecule has 6 heteroatoms. The second kappa shape index (κ2) is 5.29. The van der Waals surface area contributed by atoms with Gasteiger partial charge in [-0.15, -0.1) is 0 Å². The van der Waals surface area contributed by atoms with Gasteiger partial charge in [0.05, 0.1) is 25.0 Å². The average Bonchev–Trinajstić information content (AvgIpc) is 2.65. The van der Waals surface area contributed by atoms with Gasteiger partial charge in [0.1, 0.15) is 5.69 Å². The Kier molecular flexibility index (Phi) is 4.03. The van der Waals surface area contributed by atoms with Crippen LogP contribution in [0, 0.1) is 6.92 Å². The van der Waals surface area contributed by atoms with Gasteiger partial charge in [0, 0.05) is 0 Å². The van der Waals surface area contributed by atoms with Gasteiger partial charge < -0.3 is 14.5 Å². The van der Waals surface area contributed by atoms with Crippen molar-refractivity contribution >= 4 is 18.2 Å². The molecule has 0 aliphatic rings. The largest absolute Gasteiger partial charge is 0.465 e. The number of hydrogen-bond donors (Lipinski definition) is 1. The summed E-state index contributed by atoms with van der Waals surface area (Å²) in [5.41, 5.74) is 0.509. The molecule has 1 aromatic rings. The van der Waals surface area contributed by atoms with Crippen LogP contribution in [0.4, 0.5) is 0 Å². The lowest BCUT2D eigenvalue weighted by Crippen LogP contribution is -2.12. The summed E-state index contributed by atoms with van der Waals surface area (Å²) in [4.78, 5) is 36.4. The molecule has 0 bridgehead atoms. The van der Waals surface area contributed by atoms with Gasteiger partial charge in [-0.1, -0.05) is 0 Å². The summed E-state index contributed by atoms with van der Waals surface area (Å²) in [6, 6.07) is 0. The van der Waals surface area contributed by atoms with E-state index in [1.54, 1.807) is 13.8 Å². The first kappa shape index (κ1) is 13.0. The smallest absolute Gasteiger partial charge is 0.355 e. The molecule has 0 fully saturated rings. The SMILES string of the molecule is CCOC(=O)c1[nH]c(C=O)c(C)c1C(=O)OC. The molecule has 1 aromatic heterocycles. The van der Waals surface area contributed by atoms with E-state index < -0.39 is 11.9 Å². The lowest BCUT2D eigenvalue weighted by Gasteiger charge is -2.03. The molecule has 0 radical (unpaired) electrons. The summed E-state index contributed by atoms with van der Waals surface area (Å²) in [5.74, 6) is -1.38. The van der Waals surface area contributed by atoms with E-state index in [-0.39, 0.29) is 23.6 Å². The second-order valence-electron chi connectivity index (χ2n) is 3.24. The summed E-state index contributed by atoms with van der Waals surface area (Å²) in [5, 5.41) is 0. The molecule has 0 saturated carbocycles. The summed E-state index contributed by atoms with van der Waals surface area (Å²) >= 11 is 0. The number of carbonyl (C=O) groups excluding carboxylic acids is 3. The number of ether oxygens (including phenoxy) is 2. The van der Waals surface area contributed by atoms with E-state index in [0.29, 0.717) is 11.8 Å². The normalized spacial score (nSPS) is 9.82. The fourth-order valence-corrected chi connectivity index (χ4v) is 1.44. The Balaban J connectivity index is 3.32. The number of esters is 2. The number of methoxy groups -OCH3 is 1. The standard InChI is InChI=1S/C11H13NO5/c1-4-17-11(15)9-8(10(14)16-3)6(2)7(5-13)12-9/h5,12H,4H2,1-3H3. The van der Waals surface area contributed by atoms with Gasteiger partial charge in [-0.3, -0.25) is 4.79 Å². The maximum absolute atomic E-state index is 11.6. The average molecular weight is 239 g/mol. The first-order valence-electron chi connectivity index (χ1n) is 4.99. The zero-order chi connectivity index (χ0) is 13.0. The van der Waals surface area contributed by atoms with Gasteiger partial charge in [0.25, 0.3) is 0 Å². The molecule has 0 atom stereocenters. The molecule has 92 valence electrons. The highest BCUT2D eigenvalue weighted by Crippen LogP contribution is 2.19. The van der Waals surface area contributed by atoms with Gasteiger partial charge in [0.2, 0.25) is 0 Å². The van der Waals surface area contributed by atoms with Crippen molar-refractivity contribution in [3.8, 4) is 0 Å². The van der Waals surface area contributed by atoms with Gasteiger partial charge >= 0.3 is 11.9 Å². The molecule has 0 aliphatic heterocycles. The highest BCUT2D eigenvalue weighted by molar-refractivity contribution is 6.05. The minimum atomic E-state index is -0.691. The van der Waals surface area contributed by atoms with Crippen LogP contribution < -0.4 is 0 Å². The maximum Gasteiger partial charge on any atom is 0.355 e. The van der Waals surface area contributed by atoms with Crippen molar-refractivity contribution in [1.29, 1.82) is 0 Å². The number of carbonyl (C=O) groups is 3. The minimum Gasteiger partial charge on any atom is -0.465 e. The van der Waals surface area contributed by atoms with Crippen LogP contribution in [0.25, 0.3) is 0 Å². The van der Waals surface area contributed by atoms with Crippen molar-refractivity contribution < 1.29 is 23.9 Å². The molecule has 0 amide bonds.